The van der Waals surface area contributed by atoms with Crippen molar-refractivity contribution in [3.63, 3.8) is 0 Å². The summed E-state index contributed by atoms with van der Waals surface area (Å²) in [5.74, 6) is 0.0676. The highest BCUT2D eigenvalue weighted by atomic mass is 16.5. The van der Waals surface area contributed by atoms with E-state index in [0.29, 0.717) is 19.2 Å². The first-order chi connectivity index (χ1) is 10.8. The van der Waals surface area contributed by atoms with Gasteiger partial charge < -0.3 is 15.2 Å². The second-order valence-electron chi connectivity index (χ2n) is 6.64. The number of aliphatic hydroxyl groups is 1. The molecule has 5 heteroatoms. The molecule has 1 saturated carbocycles. The number of carbonyl (C=O) groups is 1. The molecule has 1 aliphatic carbocycles. The maximum Gasteiger partial charge on any atom is 0.234 e. The molecule has 1 atom stereocenters. The number of aliphatic hydroxyl groups excluding tert-OH is 1. The first kappa shape index (κ1) is 17.7. The Morgan fingerprint density at radius 1 is 1.14 bits per heavy atom. The van der Waals surface area contributed by atoms with Crippen molar-refractivity contribution >= 4 is 5.91 Å². The fraction of sp³-hybridized carbons (Fsp3) is 0.941. The van der Waals surface area contributed by atoms with E-state index in [4.69, 9.17) is 4.74 Å². The van der Waals surface area contributed by atoms with Crippen molar-refractivity contribution in [2.45, 2.75) is 69.9 Å². The molecule has 5 nitrogen and oxygen atoms in total. The van der Waals surface area contributed by atoms with E-state index in [2.05, 4.69) is 10.2 Å². The zero-order valence-electron chi connectivity index (χ0n) is 13.8. The van der Waals surface area contributed by atoms with Gasteiger partial charge in [0.05, 0.1) is 19.3 Å². The maximum absolute atomic E-state index is 12.0. The molecule has 22 heavy (non-hydrogen) atoms. The highest BCUT2D eigenvalue weighted by molar-refractivity contribution is 5.78. The standard InChI is InChI=1S/C17H32N2O3/c20-14-15-7-4-5-11-19(15)13-17(21)18-10-6-12-22-16-8-2-1-3-9-16/h15-16,20H,1-14H2,(H,18,21). The zero-order valence-corrected chi connectivity index (χ0v) is 13.8. The summed E-state index contributed by atoms with van der Waals surface area (Å²) in [6.45, 7) is 2.91. The van der Waals surface area contributed by atoms with Gasteiger partial charge in [-0.15, -0.1) is 0 Å². The molecular weight excluding hydrogens is 280 g/mol. The van der Waals surface area contributed by atoms with Crippen molar-refractivity contribution in [3.8, 4) is 0 Å². The number of likely N-dealkylation sites (tertiary alicyclic amines) is 1. The third-order valence-electron chi connectivity index (χ3n) is 4.86. The van der Waals surface area contributed by atoms with Crippen molar-refractivity contribution in [1.29, 1.82) is 0 Å². The molecular formula is C17H32N2O3. The van der Waals surface area contributed by atoms with Gasteiger partial charge in [-0.2, -0.15) is 0 Å². The number of nitrogens with zero attached hydrogens (tertiary/aromatic N) is 1. The Bertz CT molecular complexity index is 319. The second kappa shape index (κ2) is 10.2. The van der Waals surface area contributed by atoms with Gasteiger partial charge in [-0.1, -0.05) is 25.7 Å². The van der Waals surface area contributed by atoms with Gasteiger partial charge in [0.1, 0.15) is 0 Å². The lowest BCUT2D eigenvalue weighted by atomic mass is 9.98. The molecule has 0 aromatic heterocycles. The molecule has 0 aromatic carbocycles. The Labute approximate surface area is 134 Å². The van der Waals surface area contributed by atoms with Crippen LogP contribution in [0.5, 0.6) is 0 Å². The van der Waals surface area contributed by atoms with Crippen molar-refractivity contribution < 1.29 is 14.6 Å². The highest BCUT2D eigenvalue weighted by Crippen LogP contribution is 2.20. The Balaban J connectivity index is 1.51. The molecule has 1 saturated heterocycles. The van der Waals surface area contributed by atoms with Crippen molar-refractivity contribution in [3.05, 3.63) is 0 Å². The van der Waals surface area contributed by atoms with Gasteiger partial charge in [-0.3, -0.25) is 9.69 Å². The summed E-state index contributed by atoms with van der Waals surface area (Å²) in [5, 5.41) is 12.3. The average molecular weight is 312 g/mol. The molecule has 1 aliphatic heterocycles. The lowest BCUT2D eigenvalue weighted by Gasteiger charge is -2.33. The summed E-state index contributed by atoms with van der Waals surface area (Å²) >= 11 is 0. The van der Waals surface area contributed by atoms with Gasteiger partial charge in [-0.25, -0.2) is 0 Å². The van der Waals surface area contributed by atoms with E-state index in [1.807, 2.05) is 0 Å². The van der Waals surface area contributed by atoms with E-state index < -0.39 is 0 Å². The monoisotopic (exact) mass is 312 g/mol. The summed E-state index contributed by atoms with van der Waals surface area (Å²) in [5.41, 5.74) is 0. The molecule has 1 unspecified atom stereocenters. The summed E-state index contributed by atoms with van der Waals surface area (Å²) in [6.07, 6.45) is 10.9. The van der Waals surface area contributed by atoms with Gasteiger partial charge in [0.2, 0.25) is 5.91 Å². The molecule has 1 amide bonds. The zero-order chi connectivity index (χ0) is 15.6. The number of rotatable bonds is 8. The Morgan fingerprint density at radius 3 is 2.68 bits per heavy atom. The SMILES string of the molecule is O=C(CN1CCCCC1CO)NCCCOC1CCCCC1. The van der Waals surface area contributed by atoms with Crippen LogP contribution >= 0.6 is 0 Å². The van der Waals surface area contributed by atoms with Crippen LogP contribution in [0.25, 0.3) is 0 Å². The second-order valence-corrected chi connectivity index (χ2v) is 6.64. The number of amides is 1. The minimum atomic E-state index is 0.0676. The van der Waals surface area contributed by atoms with E-state index >= 15 is 0 Å². The molecule has 2 N–H and O–H groups in total. The summed E-state index contributed by atoms with van der Waals surface area (Å²) in [6, 6.07) is 0.161. The van der Waals surface area contributed by atoms with Gasteiger partial charge >= 0.3 is 0 Å². The highest BCUT2D eigenvalue weighted by Gasteiger charge is 2.23. The van der Waals surface area contributed by atoms with Crippen LogP contribution < -0.4 is 5.32 Å². The van der Waals surface area contributed by atoms with Crippen molar-refractivity contribution in [1.82, 2.24) is 10.2 Å². The Kier molecular flexibility index (Phi) is 8.20. The van der Waals surface area contributed by atoms with E-state index in [9.17, 15) is 9.90 Å². The molecule has 1 heterocycles. The predicted molar refractivity (Wildman–Crippen MR) is 86.7 cm³/mol. The lowest BCUT2D eigenvalue weighted by Crippen LogP contribution is -2.47. The van der Waals surface area contributed by atoms with Crippen LogP contribution in [0.4, 0.5) is 0 Å². The van der Waals surface area contributed by atoms with Gasteiger partial charge in [-0.05, 0) is 38.6 Å². The van der Waals surface area contributed by atoms with Gasteiger partial charge in [0.25, 0.3) is 0 Å². The largest absolute Gasteiger partial charge is 0.395 e. The molecule has 0 bridgehead atoms. The minimum absolute atomic E-state index is 0.0676. The van der Waals surface area contributed by atoms with Crippen LogP contribution in [-0.4, -0.2) is 60.9 Å². The van der Waals surface area contributed by atoms with Crippen LogP contribution in [0.1, 0.15) is 57.8 Å². The third-order valence-corrected chi connectivity index (χ3v) is 4.86. The molecule has 0 radical (unpaired) electrons. The van der Waals surface area contributed by atoms with Crippen molar-refractivity contribution in [2.24, 2.45) is 0 Å². The van der Waals surface area contributed by atoms with Crippen molar-refractivity contribution in [2.75, 3.05) is 32.8 Å². The Hall–Kier alpha value is -0.650. The van der Waals surface area contributed by atoms with Gasteiger partial charge in [0, 0.05) is 19.2 Å². The molecule has 128 valence electrons. The van der Waals surface area contributed by atoms with Crippen LogP contribution in [0, 0.1) is 0 Å². The first-order valence-electron chi connectivity index (χ1n) is 9.03. The predicted octanol–water partition coefficient (Wildman–Crippen LogP) is 1.69. The number of carbonyl (C=O) groups excluding carboxylic acids is 1. The molecule has 2 aliphatic rings. The number of ether oxygens (including phenoxy) is 1. The summed E-state index contributed by atoms with van der Waals surface area (Å²) < 4.78 is 5.85. The summed E-state index contributed by atoms with van der Waals surface area (Å²) in [7, 11) is 0. The summed E-state index contributed by atoms with van der Waals surface area (Å²) in [4.78, 5) is 14.1. The fourth-order valence-corrected chi connectivity index (χ4v) is 3.50. The number of hydrogen-bond donors (Lipinski definition) is 2. The Morgan fingerprint density at radius 2 is 1.91 bits per heavy atom. The van der Waals surface area contributed by atoms with E-state index in [1.54, 1.807) is 0 Å². The first-order valence-corrected chi connectivity index (χ1v) is 9.03. The topological polar surface area (TPSA) is 61.8 Å². The quantitative estimate of drug-likeness (QED) is 0.670. The normalized spacial score (nSPS) is 24.3. The number of nitrogens with one attached hydrogen (secondary N) is 1. The number of hydrogen-bond acceptors (Lipinski definition) is 4. The van der Waals surface area contributed by atoms with Crippen LogP contribution in [0.15, 0.2) is 0 Å². The molecule has 2 fully saturated rings. The molecule has 0 spiro atoms. The smallest absolute Gasteiger partial charge is 0.234 e. The van der Waals surface area contributed by atoms with E-state index in [-0.39, 0.29) is 18.6 Å². The molecule has 2 rings (SSSR count). The molecule has 0 aromatic rings. The minimum Gasteiger partial charge on any atom is -0.395 e. The third kappa shape index (κ3) is 6.23. The average Bonchev–Trinajstić information content (AvgIpc) is 2.56. The van der Waals surface area contributed by atoms with Gasteiger partial charge in [0.15, 0.2) is 0 Å². The fourth-order valence-electron chi connectivity index (χ4n) is 3.50. The van der Waals surface area contributed by atoms with E-state index in [0.717, 1.165) is 38.8 Å². The maximum atomic E-state index is 12.0. The lowest BCUT2D eigenvalue weighted by molar-refractivity contribution is -0.123. The van der Waals surface area contributed by atoms with Crippen LogP contribution in [-0.2, 0) is 9.53 Å². The van der Waals surface area contributed by atoms with E-state index in [1.165, 1.54) is 32.1 Å². The van der Waals surface area contributed by atoms with Crippen LogP contribution in [0.2, 0.25) is 0 Å². The number of piperidine rings is 1. The van der Waals surface area contributed by atoms with Crippen LogP contribution in [0.3, 0.4) is 0 Å².